The first-order chi connectivity index (χ1) is 11.5. The van der Waals surface area contributed by atoms with E-state index in [2.05, 4.69) is 10.6 Å². The molecule has 0 bridgehead atoms. The molecule has 124 valence electrons. The Kier molecular flexibility index (Phi) is 4.52. The van der Waals surface area contributed by atoms with Crippen LogP contribution in [0.1, 0.15) is 5.56 Å². The lowest BCUT2D eigenvalue weighted by molar-refractivity contribution is -0.136. The normalized spacial score (nSPS) is 11.9. The molecule has 0 saturated heterocycles. The molecule has 0 aromatic heterocycles. The first kappa shape index (κ1) is 16.1. The van der Waals surface area contributed by atoms with Crippen LogP contribution in [0.3, 0.4) is 0 Å². The number of fused-ring (bicyclic) bond motifs is 1. The van der Waals surface area contributed by atoms with Gasteiger partial charge in [0.05, 0.1) is 5.02 Å². The maximum Gasteiger partial charge on any atom is 0.313 e. The smallest absolute Gasteiger partial charge is 0.313 e. The van der Waals surface area contributed by atoms with Gasteiger partial charge in [-0.05, 0) is 35.9 Å². The third-order valence-corrected chi connectivity index (χ3v) is 3.56. The van der Waals surface area contributed by atoms with Crippen molar-refractivity contribution in [2.75, 3.05) is 12.1 Å². The van der Waals surface area contributed by atoms with Crippen LogP contribution >= 0.6 is 11.6 Å². The first-order valence-electron chi connectivity index (χ1n) is 6.95. The van der Waals surface area contributed by atoms with E-state index in [1.165, 1.54) is 12.1 Å². The van der Waals surface area contributed by atoms with Gasteiger partial charge in [0.2, 0.25) is 6.79 Å². The highest BCUT2D eigenvalue weighted by Gasteiger charge is 2.16. The van der Waals surface area contributed by atoms with Gasteiger partial charge in [0, 0.05) is 12.2 Å². The Labute approximate surface area is 141 Å². The van der Waals surface area contributed by atoms with Crippen LogP contribution in [0.5, 0.6) is 11.5 Å². The Morgan fingerprint density at radius 2 is 1.88 bits per heavy atom. The average molecular weight is 351 g/mol. The maximum atomic E-state index is 13.1. The monoisotopic (exact) mass is 350 g/mol. The molecular weight excluding hydrogens is 339 g/mol. The Morgan fingerprint density at radius 3 is 2.67 bits per heavy atom. The second kappa shape index (κ2) is 6.76. The minimum atomic E-state index is -0.876. The third kappa shape index (κ3) is 3.57. The van der Waals surface area contributed by atoms with Crippen molar-refractivity contribution in [3.63, 3.8) is 0 Å². The van der Waals surface area contributed by atoms with Crippen molar-refractivity contribution in [2.45, 2.75) is 6.54 Å². The topological polar surface area (TPSA) is 76.7 Å². The van der Waals surface area contributed by atoms with Crippen LogP contribution in [-0.4, -0.2) is 18.6 Å². The SMILES string of the molecule is O=C(NCc1ccc2c(c1)OCO2)C(=O)Nc1ccc(F)c(Cl)c1. The molecule has 0 atom stereocenters. The number of hydrogen-bond acceptors (Lipinski definition) is 4. The number of ether oxygens (including phenoxy) is 2. The molecule has 24 heavy (non-hydrogen) atoms. The summed E-state index contributed by atoms with van der Waals surface area (Å²) in [6.45, 7) is 0.306. The van der Waals surface area contributed by atoms with E-state index in [-0.39, 0.29) is 24.0 Å². The molecule has 0 spiro atoms. The van der Waals surface area contributed by atoms with Crippen LogP contribution < -0.4 is 20.1 Å². The number of amides is 2. The Hall–Kier alpha value is -2.80. The summed E-state index contributed by atoms with van der Waals surface area (Å²) < 4.78 is 23.5. The summed E-state index contributed by atoms with van der Waals surface area (Å²) >= 11 is 5.62. The highest BCUT2D eigenvalue weighted by atomic mass is 35.5. The van der Waals surface area contributed by atoms with Crippen LogP contribution in [-0.2, 0) is 16.1 Å². The number of rotatable bonds is 3. The van der Waals surface area contributed by atoms with Gasteiger partial charge in [0.15, 0.2) is 11.5 Å². The molecular formula is C16H12ClFN2O4. The molecule has 1 aliphatic rings. The van der Waals surface area contributed by atoms with Crippen molar-refractivity contribution in [2.24, 2.45) is 0 Å². The molecule has 2 amide bonds. The predicted molar refractivity (Wildman–Crippen MR) is 84.5 cm³/mol. The molecule has 0 fully saturated rings. The Morgan fingerprint density at radius 1 is 1.08 bits per heavy atom. The number of halogens is 2. The van der Waals surface area contributed by atoms with Crippen LogP contribution in [0, 0.1) is 5.82 Å². The largest absolute Gasteiger partial charge is 0.454 e. The van der Waals surface area contributed by atoms with E-state index in [1.54, 1.807) is 18.2 Å². The van der Waals surface area contributed by atoms with Gasteiger partial charge in [-0.15, -0.1) is 0 Å². The van der Waals surface area contributed by atoms with Gasteiger partial charge in [-0.3, -0.25) is 9.59 Å². The van der Waals surface area contributed by atoms with Gasteiger partial charge in [-0.2, -0.15) is 0 Å². The molecule has 3 rings (SSSR count). The lowest BCUT2D eigenvalue weighted by atomic mass is 10.2. The van der Waals surface area contributed by atoms with E-state index in [0.29, 0.717) is 11.5 Å². The summed E-state index contributed by atoms with van der Waals surface area (Å²) in [7, 11) is 0. The first-order valence-corrected chi connectivity index (χ1v) is 7.33. The van der Waals surface area contributed by atoms with E-state index >= 15 is 0 Å². The van der Waals surface area contributed by atoms with Crippen molar-refractivity contribution in [1.29, 1.82) is 0 Å². The maximum absolute atomic E-state index is 13.1. The van der Waals surface area contributed by atoms with Gasteiger partial charge < -0.3 is 20.1 Å². The molecule has 1 aliphatic heterocycles. The molecule has 6 nitrogen and oxygen atoms in total. The minimum Gasteiger partial charge on any atom is -0.454 e. The zero-order valence-electron chi connectivity index (χ0n) is 12.3. The standard InChI is InChI=1S/C16H12ClFN2O4/c17-11-6-10(2-3-12(11)18)20-16(22)15(21)19-7-9-1-4-13-14(5-9)24-8-23-13/h1-6H,7-8H2,(H,19,21)(H,20,22). The van der Waals surface area contributed by atoms with E-state index in [4.69, 9.17) is 21.1 Å². The highest BCUT2D eigenvalue weighted by molar-refractivity contribution is 6.39. The number of carbonyl (C=O) groups excluding carboxylic acids is 2. The molecule has 0 aliphatic carbocycles. The van der Waals surface area contributed by atoms with Crippen molar-refractivity contribution < 1.29 is 23.5 Å². The van der Waals surface area contributed by atoms with Crippen LogP contribution in [0.4, 0.5) is 10.1 Å². The zero-order chi connectivity index (χ0) is 17.1. The van der Waals surface area contributed by atoms with Crippen LogP contribution in [0.15, 0.2) is 36.4 Å². The van der Waals surface area contributed by atoms with Crippen LogP contribution in [0.2, 0.25) is 5.02 Å². The summed E-state index contributed by atoms with van der Waals surface area (Å²) in [5.74, 6) is -1.09. The lowest BCUT2D eigenvalue weighted by Crippen LogP contribution is -2.34. The van der Waals surface area contributed by atoms with Crippen molar-refractivity contribution in [3.05, 3.63) is 52.8 Å². The second-order valence-electron chi connectivity index (χ2n) is 4.95. The summed E-state index contributed by atoms with van der Waals surface area (Å²) in [5, 5.41) is 4.68. The molecule has 0 unspecified atom stereocenters. The van der Waals surface area contributed by atoms with Crippen molar-refractivity contribution >= 4 is 29.1 Å². The quantitative estimate of drug-likeness (QED) is 0.834. The second-order valence-corrected chi connectivity index (χ2v) is 5.36. The van der Waals surface area contributed by atoms with Gasteiger partial charge in [-0.1, -0.05) is 17.7 Å². The number of benzene rings is 2. The zero-order valence-corrected chi connectivity index (χ0v) is 13.0. The van der Waals surface area contributed by atoms with E-state index in [1.807, 2.05) is 0 Å². The number of hydrogen-bond donors (Lipinski definition) is 2. The third-order valence-electron chi connectivity index (χ3n) is 3.27. The molecule has 2 aromatic carbocycles. The fourth-order valence-electron chi connectivity index (χ4n) is 2.08. The predicted octanol–water partition coefficient (Wildman–Crippen LogP) is 2.46. The van der Waals surface area contributed by atoms with Gasteiger partial charge in [-0.25, -0.2) is 4.39 Å². The number of carbonyl (C=O) groups is 2. The molecule has 0 saturated carbocycles. The van der Waals surface area contributed by atoms with Gasteiger partial charge in [0.1, 0.15) is 5.82 Å². The summed E-state index contributed by atoms with van der Waals surface area (Å²) in [5.41, 5.74) is 0.981. The average Bonchev–Trinajstić information content (AvgIpc) is 3.03. The number of nitrogens with one attached hydrogen (secondary N) is 2. The van der Waals surface area contributed by atoms with Gasteiger partial charge in [0.25, 0.3) is 0 Å². The fourth-order valence-corrected chi connectivity index (χ4v) is 2.26. The number of anilines is 1. The summed E-state index contributed by atoms with van der Waals surface area (Å²) in [6, 6.07) is 8.84. The lowest BCUT2D eigenvalue weighted by Gasteiger charge is -2.08. The molecule has 1 heterocycles. The Balaban J connectivity index is 1.56. The molecule has 2 N–H and O–H groups in total. The minimum absolute atomic E-state index is 0.145. The van der Waals surface area contributed by atoms with E-state index in [9.17, 15) is 14.0 Å². The summed E-state index contributed by atoms with van der Waals surface area (Å²) in [4.78, 5) is 23.6. The Bertz CT molecular complexity index is 813. The van der Waals surface area contributed by atoms with Gasteiger partial charge >= 0.3 is 11.8 Å². The molecule has 8 heteroatoms. The highest BCUT2D eigenvalue weighted by Crippen LogP contribution is 2.32. The van der Waals surface area contributed by atoms with Crippen molar-refractivity contribution in [3.8, 4) is 11.5 Å². The van der Waals surface area contributed by atoms with E-state index < -0.39 is 17.6 Å². The van der Waals surface area contributed by atoms with Crippen LogP contribution in [0.25, 0.3) is 0 Å². The van der Waals surface area contributed by atoms with E-state index in [0.717, 1.165) is 11.6 Å². The molecule has 0 radical (unpaired) electrons. The molecule has 2 aromatic rings. The van der Waals surface area contributed by atoms with Crippen molar-refractivity contribution in [1.82, 2.24) is 5.32 Å². The summed E-state index contributed by atoms with van der Waals surface area (Å²) in [6.07, 6.45) is 0. The fraction of sp³-hybridized carbons (Fsp3) is 0.125.